The van der Waals surface area contributed by atoms with Gasteiger partial charge in [0.25, 0.3) is 0 Å². The molecule has 0 bridgehead atoms. The maximum absolute atomic E-state index is 11.5. The van der Waals surface area contributed by atoms with Gasteiger partial charge in [-0.25, -0.2) is 4.79 Å². The van der Waals surface area contributed by atoms with E-state index in [1.54, 1.807) is 22.8 Å². The predicted octanol–water partition coefficient (Wildman–Crippen LogP) is 1.31. The summed E-state index contributed by atoms with van der Waals surface area (Å²) < 4.78 is 6.99. The van der Waals surface area contributed by atoms with Crippen LogP contribution >= 0.6 is 15.9 Å². The number of methoxy groups -OCH3 is 1. The molecule has 0 unspecified atom stereocenters. The van der Waals surface area contributed by atoms with Gasteiger partial charge < -0.3 is 9.84 Å². The third-order valence-electron chi connectivity index (χ3n) is 2.34. The van der Waals surface area contributed by atoms with Gasteiger partial charge in [-0.15, -0.1) is 10.2 Å². The lowest BCUT2D eigenvalue weighted by Crippen LogP contribution is -2.05. The average molecular weight is 312 g/mol. The number of ether oxygens (including phenoxy) is 1. The summed E-state index contributed by atoms with van der Waals surface area (Å²) in [5, 5.41) is 16.6. The van der Waals surface area contributed by atoms with Crippen molar-refractivity contribution in [1.82, 2.24) is 14.8 Å². The molecule has 7 heteroatoms. The van der Waals surface area contributed by atoms with Gasteiger partial charge in [-0.3, -0.25) is 4.57 Å². The fraction of sp³-hybridized carbons (Fsp3) is 0.182. The minimum Gasteiger partial charge on any atom is -0.465 e. The van der Waals surface area contributed by atoms with Crippen molar-refractivity contribution in [3.63, 3.8) is 0 Å². The number of hydrogen-bond acceptors (Lipinski definition) is 5. The summed E-state index contributed by atoms with van der Waals surface area (Å²) in [5.74, 6) is -0.0416. The highest BCUT2D eigenvalue weighted by Gasteiger charge is 2.11. The quantitative estimate of drug-likeness (QED) is 0.865. The van der Waals surface area contributed by atoms with Gasteiger partial charge in [0.1, 0.15) is 12.9 Å². The van der Waals surface area contributed by atoms with Crippen LogP contribution in [0.15, 0.2) is 29.0 Å². The topological polar surface area (TPSA) is 77.2 Å². The minimum atomic E-state index is -0.434. The van der Waals surface area contributed by atoms with Gasteiger partial charge in [-0.05, 0) is 18.2 Å². The Balaban J connectivity index is 2.51. The lowest BCUT2D eigenvalue weighted by atomic mass is 10.2. The van der Waals surface area contributed by atoms with Crippen LogP contribution in [0.3, 0.4) is 0 Å². The number of esters is 1. The van der Waals surface area contributed by atoms with Gasteiger partial charge in [-0.1, -0.05) is 15.9 Å². The van der Waals surface area contributed by atoms with Crippen molar-refractivity contribution in [3.05, 3.63) is 40.4 Å². The van der Waals surface area contributed by atoms with Crippen LogP contribution in [0.25, 0.3) is 5.69 Å². The summed E-state index contributed by atoms with van der Waals surface area (Å²) in [6.45, 7) is -0.236. The molecule has 0 atom stereocenters. The van der Waals surface area contributed by atoms with E-state index in [1.807, 2.05) is 0 Å². The Morgan fingerprint density at radius 2 is 2.28 bits per heavy atom. The SMILES string of the molecule is COC(=O)c1cc(Br)cc(-n2cnnc2CO)c1. The van der Waals surface area contributed by atoms with Crippen LogP contribution in [-0.2, 0) is 11.3 Å². The van der Waals surface area contributed by atoms with Gasteiger partial charge in [0, 0.05) is 4.47 Å². The highest BCUT2D eigenvalue weighted by atomic mass is 79.9. The molecule has 94 valence electrons. The van der Waals surface area contributed by atoms with Crippen LogP contribution in [0, 0.1) is 0 Å². The third kappa shape index (κ3) is 2.41. The molecule has 6 nitrogen and oxygen atoms in total. The number of benzene rings is 1. The normalized spacial score (nSPS) is 10.4. The first-order chi connectivity index (χ1) is 8.65. The Bertz CT molecular complexity index is 583. The van der Waals surface area contributed by atoms with Crippen molar-refractivity contribution < 1.29 is 14.6 Å². The fourth-order valence-corrected chi connectivity index (χ4v) is 2.01. The largest absolute Gasteiger partial charge is 0.465 e. The van der Waals surface area contributed by atoms with Crippen LogP contribution in [0.1, 0.15) is 16.2 Å². The zero-order valence-corrected chi connectivity index (χ0v) is 11.1. The van der Waals surface area contributed by atoms with Gasteiger partial charge in [0.2, 0.25) is 0 Å². The molecule has 0 spiro atoms. The molecule has 1 heterocycles. The summed E-state index contributed by atoms with van der Waals surface area (Å²) in [4.78, 5) is 11.5. The molecule has 0 amide bonds. The van der Waals surface area contributed by atoms with Gasteiger partial charge in [-0.2, -0.15) is 0 Å². The highest BCUT2D eigenvalue weighted by molar-refractivity contribution is 9.10. The van der Waals surface area contributed by atoms with Gasteiger partial charge >= 0.3 is 5.97 Å². The Hall–Kier alpha value is -1.73. The number of aliphatic hydroxyl groups excluding tert-OH is 1. The minimum absolute atomic E-state index is 0.236. The van der Waals surface area contributed by atoms with E-state index >= 15 is 0 Å². The highest BCUT2D eigenvalue weighted by Crippen LogP contribution is 2.20. The van der Waals surface area contributed by atoms with E-state index in [-0.39, 0.29) is 6.61 Å². The van der Waals surface area contributed by atoms with E-state index in [9.17, 15) is 4.79 Å². The monoisotopic (exact) mass is 311 g/mol. The number of hydrogen-bond donors (Lipinski definition) is 1. The second kappa shape index (κ2) is 5.28. The Kier molecular flexibility index (Phi) is 3.73. The van der Waals surface area contributed by atoms with E-state index in [4.69, 9.17) is 5.11 Å². The van der Waals surface area contributed by atoms with Crippen LogP contribution in [0.4, 0.5) is 0 Å². The van der Waals surface area contributed by atoms with Gasteiger partial charge in [0.05, 0.1) is 18.4 Å². The van der Waals surface area contributed by atoms with Crippen molar-refractivity contribution in [2.75, 3.05) is 7.11 Å². The first-order valence-corrected chi connectivity index (χ1v) is 5.84. The van der Waals surface area contributed by atoms with Crippen LogP contribution < -0.4 is 0 Å². The molecule has 2 aromatic rings. The van der Waals surface area contributed by atoms with Crippen molar-refractivity contribution in [3.8, 4) is 5.69 Å². The van der Waals surface area contributed by atoms with Crippen molar-refractivity contribution in [2.24, 2.45) is 0 Å². The summed E-state index contributed by atoms with van der Waals surface area (Å²) >= 11 is 3.32. The molecule has 0 aliphatic rings. The van der Waals surface area contributed by atoms with E-state index in [2.05, 4.69) is 30.9 Å². The Morgan fingerprint density at radius 3 is 2.94 bits per heavy atom. The molecule has 0 fully saturated rings. The standard InChI is InChI=1S/C11H10BrN3O3/c1-18-11(17)7-2-8(12)4-9(3-7)15-6-13-14-10(15)5-16/h2-4,6,16H,5H2,1H3. The number of aromatic nitrogens is 3. The Labute approximate surface area is 111 Å². The van der Waals surface area contributed by atoms with Crippen LogP contribution in [0.5, 0.6) is 0 Å². The molecule has 1 aromatic heterocycles. The zero-order valence-electron chi connectivity index (χ0n) is 9.50. The molecule has 0 saturated heterocycles. The second-order valence-corrected chi connectivity index (χ2v) is 4.38. The van der Waals surface area contributed by atoms with Crippen molar-refractivity contribution >= 4 is 21.9 Å². The maximum atomic E-state index is 11.5. The summed E-state index contributed by atoms with van der Waals surface area (Å²) in [6.07, 6.45) is 1.47. The molecule has 0 radical (unpaired) electrons. The number of aliphatic hydroxyl groups is 1. The Morgan fingerprint density at radius 1 is 1.50 bits per heavy atom. The van der Waals surface area contributed by atoms with Crippen LogP contribution in [0.2, 0.25) is 0 Å². The molecule has 18 heavy (non-hydrogen) atoms. The maximum Gasteiger partial charge on any atom is 0.337 e. The summed E-state index contributed by atoms with van der Waals surface area (Å²) in [6, 6.07) is 5.08. The molecular formula is C11H10BrN3O3. The first-order valence-electron chi connectivity index (χ1n) is 5.04. The molecule has 1 N–H and O–H groups in total. The second-order valence-electron chi connectivity index (χ2n) is 3.46. The zero-order chi connectivity index (χ0) is 13.1. The molecular weight excluding hydrogens is 302 g/mol. The summed E-state index contributed by atoms with van der Waals surface area (Å²) in [5.41, 5.74) is 1.07. The van der Waals surface area contributed by atoms with E-state index in [1.165, 1.54) is 13.4 Å². The number of carbonyl (C=O) groups is 1. The predicted molar refractivity (Wildman–Crippen MR) is 66.3 cm³/mol. The molecule has 1 aromatic carbocycles. The molecule has 2 rings (SSSR count). The number of nitrogens with zero attached hydrogens (tertiary/aromatic N) is 3. The van der Waals surface area contributed by atoms with Crippen LogP contribution in [-0.4, -0.2) is 33.0 Å². The first kappa shape index (κ1) is 12.7. The van der Waals surface area contributed by atoms with Gasteiger partial charge in [0.15, 0.2) is 5.82 Å². The number of carbonyl (C=O) groups excluding carboxylic acids is 1. The smallest absolute Gasteiger partial charge is 0.337 e. The average Bonchev–Trinajstić information content (AvgIpc) is 2.85. The number of rotatable bonds is 3. The van der Waals surface area contributed by atoms with E-state index in [0.29, 0.717) is 17.1 Å². The molecule has 0 saturated carbocycles. The molecule has 0 aliphatic carbocycles. The van der Waals surface area contributed by atoms with E-state index < -0.39 is 5.97 Å². The summed E-state index contributed by atoms with van der Waals surface area (Å²) in [7, 11) is 1.32. The lowest BCUT2D eigenvalue weighted by Gasteiger charge is -2.08. The third-order valence-corrected chi connectivity index (χ3v) is 2.80. The van der Waals surface area contributed by atoms with E-state index in [0.717, 1.165) is 4.47 Å². The fourth-order valence-electron chi connectivity index (χ4n) is 1.53. The van der Waals surface area contributed by atoms with Crippen molar-refractivity contribution in [2.45, 2.75) is 6.61 Å². The lowest BCUT2D eigenvalue weighted by molar-refractivity contribution is 0.0600. The molecule has 0 aliphatic heterocycles. The number of halogens is 1. The van der Waals surface area contributed by atoms with Crippen molar-refractivity contribution in [1.29, 1.82) is 0 Å².